The minimum absolute atomic E-state index is 0.0939. The van der Waals surface area contributed by atoms with E-state index >= 15 is 0 Å². The summed E-state index contributed by atoms with van der Waals surface area (Å²) in [5, 5.41) is 6.49. The molecule has 7 heteroatoms. The Morgan fingerprint density at radius 1 is 1.36 bits per heavy atom. The number of nitrogens with zero attached hydrogens (tertiary/aromatic N) is 3. The molecule has 1 unspecified atom stereocenters. The summed E-state index contributed by atoms with van der Waals surface area (Å²) in [6.07, 6.45) is 1.69. The lowest BCUT2D eigenvalue weighted by molar-refractivity contribution is -0.138. The van der Waals surface area contributed by atoms with Crippen molar-refractivity contribution in [2.24, 2.45) is 0 Å². The topological polar surface area (TPSA) is 78.7 Å². The summed E-state index contributed by atoms with van der Waals surface area (Å²) in [5.74, 6) is 0.421. The molecular weight excluding hydrogens is 320 g/mol. The van der Waals surface area contributed by atoms with E-state index in [1.54, 1.807) is 24.2 Å². The number of piperazine rings is 1. The van der Waals surface area contributed by atoms with Crippen molar-refractivity contribution in [3.8, 4) is 0 Å². The molecule has 2 amide bonds. The Labute approximate surface area is 146 Å². The monoisotopic (exact) mass is 342 g/mol. The molecule has 1 aromatic carbocycles. The molecule has 1 aliphatic heterocycles. The molecule has 2 aromatic rings. The van der Waals surface area contributed by atoms with Crippen LogP contribution < -0.4 is 5.32 Å². The van der Waals surface area contributed by atoms with Crippen LogP contribution in [0.3, 0.4) is 0 Å². The van der Waals surface area contributed by atoms with Crippen molar-refractivity contribution in [1.82, 2.24) is 20.3 Å². The molecule has 1 saturated heterocycles. The number of aromatic nitrogens is 1. The summed E-state index contributed by atoms with van der Waals surface area (Å²) in [6, 6.07) is 11.2. The third kappa shape index (κ3) is 4.45. The number of hydrogen-bond donors (Lipinski definition) is 1. The fraction of sp³-hybridized carbons (Fsp3) is 0.389. The third-order valence-corrected chi connectivity index (χ3v) is 4.35. The zero-order valence-electron chi connectivity index (χ0n) is 14.2. The Bertz CT molecular complexity index is 702. The van der Waals surface area contributed by atoms with Gasteiger partial charge in [0.05, 0.1) is 25.2 Å². The lowest BCUT2D eigenvalue weighted by Crippen LogP contribution is -2.56. The minimum Gasteiger partial charge on any atom is -0.360 e. The zero-order valence-corrected chi connectivity index (χ0v) is 14.2. The Morgan fingerprint density at radius 3 is 2.88 bits per heavy atom. The smallest absolute Gasteiger partial charge is 0.237 e. The second-order valence-electron chi connectivity index (χ2n) is 6.20. The molecule has 1 fully saturated rings. The summed E-state index contributed by atoms with van der Waals surface area (Å²) in [5.41, 5.74) is 1.13. The zero-order chi connectivity index (χ0) is 17.6. The standard InChI is InChI=1S/C18H22N4O3/c1-21(13-15-7-8-20-25-15)17(23)11-16-18(24)19-9-10-22(16)12-14-5-3-2-4-6-14/h2-8,16H,9-13H2,1H3,(H,19,24). The van der Waals surface area contributed by atoms with E-state index in [2.05, 4.69) is 15.4 Å². The van der Waals surface area contributed by atoms with Crippen molar-refractivity contribution in [2.45, 2.75) is 25.6 Å². The van der Waals surface area contributed by atoms with Crippen molar-refractivity contribution in [3.63, 3.8) is 0 Å². The molecule has 1 aromatic heterocycles. The Kier molecular flexibility index (Phi) is 5.45. The number of hydrogen-bond acceptors (Lipinski definition) is 5. The molecule has 0 radical (unpaired) electrons. The van der Waals surface area contributed by atoms with E-state index in [-0.39, 0.29) is 18.2 Å². The predicted molar refractivity (Wildman–Crippen MR) is 91.2 cm³/mol. The van der Waals surface area contributed by atoms with Crippen molar-refractivity contribution in [1.29, 1.82) is 0 Å². The Balaban J connectivity index is 1.64. The van der Waals surface area contributed by atoms with Crippen LogP contribution in [-0.2, 0) is 22.7 Å². The first-order valence-electron chi connectivity index (χ1n) is 8.32. The summed E-state index contributed by atoms with van der Waals surface area (Å²) in [6.45, 7) is 2.32. The molecule has 0 aliphatic carbocycles. The second-order valence-corrected chi connectivity index (χ2v) is 6.20. The van der Waals surface area contributed by atoms with Gasteiger partial charge in [0.25, 0.3) is 0 Å². The van der Waals surface area contributed by atoms with Gasteiger partial charge in [-0.25, -0.2) is 0 Å². The molecule has 1 atom stereocenters. The first kappa shape index (κ1) is 17.2. The van der Waals surface area contributed by atoms with Crippen LogP contribution in [-0.4, -0.2) is 52.9 Å². The van der Waals surface area contributed by atoms with Gasteiger partial charge in [-0.1, -0.05) is 35.5 Å². The first-order valence-corrected chi connectivity index (χ1v) is 8.32. The number of amides is 2. The fourth-order valence-corrected chi connectivity index (χ4v) is 2.96. The lowest BCUT2D eigenvalue weighted by atomic mass is 10.1. The summed E-state index contributed by atoms with van der Waals surface area (Å²) in [7, 11) is 1.70. The molecule has 0 spiro atoms. The summed E-state index contributed by atoms with van der Waals surface area (Å²) >= 11 is 0. The van der Waals surface area contributed by atoms with Crippen molar-refractivity contribution < 1.29 is 14.1 Å². The van der Waals surface area contributed by atoms with Gasteiger partial charge in [0, 0.05) is 32.7 Å². The van der Waals surface area contributed by atoms with Crippen LogP contribution in [0, 0.1) is 0 Å². The number of benzene rings is 1. The normalized spacial score (nSPS) is 18.0. The Hall–Kier alpha value is -2.67. The van der Waals surface area contributed by atoms with Gasteiger partial charge < -0.3 is 14.7 Å². The van der Waals surface area contributed by atoms with Crippen LogP contribution in [0.15, 0.2) is 47.1 Å². The van der Waals surface area contributed by atoms with Crippen LogP contribution >= 0.6 is 0 Å². The molecule has 1 N–H and O–H groups in total. The maximum atomic E-state index is 12.5. The number of carbonyl (C=O) groups is 2. The molecule has 1 aliphatic rings. The second kappa shape index (κ2) is 7.94. The number of rotatable bonds is 6. The molecule has 25 heavy (non-hydrogen) atoms. The van der Waals surface area contributed by atoms with Crippen LogP contribution in [0.5, 0.6) is 0 Å². The van der Waals surface area contributed by atoms with Crippen LogP contribution in [0.4, 0.5) is 0 Å². The van der Waals surface area contributed by atoms with E-state index in [0.29, 0.717) is 25.4 Å². The molecule has 2 heterocycles. The maximum absolute atomic E-state index is 12.5. The van der Waals surface area contributed by atoms with Crippen LogP contribution in [0.2, 0.25) is 0 Å². The van der Waals surface area contributed by atoms with Crippen LogP contribution in [0.1, 0.15) is 17.7 Å². The van der Waals surface area contributed by atoms with E-state index in [0.717, 1.165) is 12.1 Å². The van der Waals surface area contributed by atoms with Crippen molar-refractivity contribution >= 4 is 11.8 Å². The van der Waals surface area contributed by atoms with Gasteiger partial charge in [0.1, 0.15) is 0 Å². The lowest BCUT2D eigenvalue weighted by Gasteiger charge is -2.35. The average Bonchev–Trinajstić information content (AvgIpc) is 3.11. The molecule has 3 rings (SSSR count). The van der Waals surface area contributed by atoms with E-state index in [1.165, 1.54) is 0 Å². The molecule has 132 valence electrons. The van der Waals surface area contributed by atoms with Gasteiger partial charge in [-0.15, -0.1) is 0 Å². The highest BCUT2D eigenvalue weighted by molar-refractivity contribution is 5.88. The van der Waals surface area contributed by atoms with E-state index in [1.807, 2.05) is 30.3 Å². The highest BCUT2D eigenvalue weighted by Crippen LogP contribution is 2.15. The van der Waals surface area contributed by atoms with E-state index in [9.17, 15) is 9.59 Å². The SMILES string of the molecule is CN(Cc1ccno1)C(=O)CC1C(=O)NCCN1Cc1ccccc1. The van der Waals surface area contributed by atoms with Gasteiger partial charge >= 0.3 is 0 Å². The molecule has 7 nitrogen and oxygen atoms in total. The van der Waals surface area contributed by atoms with Crippen LogP contribution in [0.25, 0.3) is 0 Å². The van der Waals surface area contributed by atoms with Crippen molar-refractivity contribution in [2.75, 3.05) is 20.1 Å². The highest BCUT2D eigenvalue weighted by atomic mass is 16.5. The summed E-state index contributed by atoms with van der Waals surface area (Å²) < 4.78 is 5.03. The number of carbonyl (C=O) groups excluding carboxylic acids is 2. The quantitative estimate of drug-likeness (QED) is 0.848. The average molecular weight is 342 g/mol. The van der Waals surface area contributed by atoms with Gasteiger partial charge in [-0.3, -0.25) is 14.5 Å². The fourth-order valence-electron chi connectivity index (χ4n) is 2.96. The minimum atomic E-state index is -0.460. The molecule has 0 saturated carbocycles. The summed E-state index contributed by atoms with van der Waals surface area (Å²) in [4.78, 5) is 28.5. The maximum Gasteiger partial charge on any atom is 0.237 e. The predicted octanol–water partition coefficient (Wildman–Crippen LogP) is 1.02. The molecule has 0 bridgehead atoms. The number of nitrogens with one attached hydrogen (secondary N) is 1. The first-order chi connectivity index (χ1) is 12.1. The van der Waals surface area contributed by atoms with Gasteiger partial charge in [0.15, 0.2) is 5.76 Å². The van der Waals surface area contributed by atoms with E-state index in [4.69, 9.17) is 4.52 Å². The van der Waals surface area contributed by atoms with Crippen molar-refractivity contribution in [3.05, 3.63) is 53.9 Å². The van der Waals surface area contributed by atoms with Gasteiger partial charge in [0.2, 0.25) is 11.8 Å². The van der Waals surface area contributed by atoms with Gasteiger partial charge in [-0.05, 0) is 5.56 Å². The van der Waals surface area contributed by atoms with Gasteiger partial charge in [-0.2, -0.15) is 0 Å². The Morgan fingerprint density at radius 2 is 2.16 bits per heavy atom. The van der Waals surface area contributed by atoms with E-state index < -0.39 is 6.04 Å². The highest BCUT2D eigenvalue weighted by Gasteiger charge is 2.32. The largest absolute Gasteiger partial charge is 0.360 e. The molecular formula is C18H22N4O3. The third-order valence-electron chi connectivity index (χ3n) is 4.35.